The summed E-state index contributed by atoms with van der Waals surface area (Å²) in [5.74, 6) is 0. The predicted molar refractivity (Wildman–Crippen MR) is 104 cm³/mol. The van der Waals surface area contributed by atoms with Crippen LogP contribution in [0.3, 0.4) is 0 Å². The topological polar surface area (TPSA) is 76.0 Å². The number of allylic oxidation sites excluding steroid dienone is 5. The molecule has 1 aromatic carbocycles. The van der Waals surface area contributed by atoms with Gasteiger partial charge in [-0.1, -0.05) is 43.0 Å². The van der Waals surface area contributed by atoms with E-state index in [1.807, 2.05) is 53.5 Å². The Morgan fingerprint density at radius 2 is 1.68 bits per heavy atom. The summed E-state index contributed by atoms with van der Waals surface area (Å²) in [4.78, 5) is 1.94. The van der Waals surface area contributed by atoms with E-state index in [2.05, 4.69) is 11.9 Å². The van der Waals surface area contributed by atoms with Gasteiger partial charge in [-0.3, -0.25) is 0 Å². The Kier molecular flexibility index (Phi) is 10.8. The van der Waals surface area contributed by atoms with E-state index >= 15 is 0 Å². The molecule has 1 aromatic rings. The molecular weight excluding hydrogens is 316 g/mol. The van der Waals surface area contributed by atoms with Crippen molar-refractivity contribution in [2.75, 3.05) is 44.4 Å². The van der Waals surface area contributed by atoms with Crippen molar-refractivity contribution < 1.29 is 15.3 Å². The third-order valence-corrected chi connectivity index (χ3v) is 3.43. The van der Waals surface area contributed by atoms with Gasteiger partial charge in [0.1, 0.15) is 0 Å². The molecule has 0 aromatic heterocycles. The van der Waals surface area contributed by atoms with Crippen molar-refractivity contribution in [2.45, 2.75) is 0 Å². The summed E-state index contributed by atoms with van der Waals surface area (Å²) in [5, 5.41) is 29.9. The quantitative estimate of drug-likeness (QED) is 0.343. The molecule has 0 spiro atoms. The number of anilines is 1. The molecule has 0 saturated heterocycles. The highest BCUT2D eigenvalue weighted by atomic mass is 16.3. The van der Waals surface area contributed by atoms with Crippen LogP contribution in [0.1, 0.15) is 5.56 Å². The van der Waals surface area contributed by atoms with Gasteiger partial charge in [0.25, 0.3) is 0 Å². The highest BCUT2D eigenvalue weighted by Crippen LogP contribution is 2.16. The van der Waals surface area contributed by atoms with Crippen LogP contribution in [-0.4, -0.2) is 54.8 Å². The van der Waals surface area contributed by atoms with Crippen molar-refractivity contribution in [2.24, 2.45) is 0 Å². The number of rotatable bonds is 12. The molecule has 0 radical (unpaired) electrons. The number of aliphatic hydroxyl groups excluding tert-OH is 3. The lowest BCUT2D eigenvalue weighted by Gasteiger charge is -2.22. The van der Waals surface area contributed by atoms with Crippen molar-refractivity contribution in [1.82, 2.24) is 5.32 Å². The van der Waals surface area contributed by atoms with Crippen LogP contribution in [0.4, 0.5) is 5.69 Å². The number of hydrogen-bond acceptors (Lipinski definition) is 5. The van der Waals surface area contributed by atoms with Crippen LogP contribution in [0.5, 0.6) is 0 Å². The zero-order valence-corrected chi connectivity index (χ0v) is 14.5. The Morgan fingerprint density at radius 1 is 1.00 bits per heavy atom. The van der Waals surface area contributed by atoms with Crippen LogP contribution in [0.15, 0.2) is 66.9 Å². The maximum atomic E-state index is 9.11. The summed E-state index contributed by atoms with van der Waals surface area (Å²) in [6.45, 7) is 5.41. The van der Waals surface area contributed by atoms with Crippen LogP contribution in [0, 0.1) is 0 Å². The molecule has 0 atom stereocenters. The average Bonchev–Trinajstić information content (AvgIpc) is 2.63. The van der Waals surface area contributed by atoms with Gasteiger partial charge in [-0.05, 0) is 35.5 Å². The molecular formula is C20H28N2O3. The van der Waals surface area contributed by atoms with Gasteiger partial charge in [-0.25, -0.2) is 0 Å². The molecule has 136 valence electrons. The van der Waals surface area contributed by atoms with Gasteiger partial charge in [0.05, 0.1) is 19.8 Å². The average molecular weight is 344 g/mol. The maximum absolute atomic E-state index is 9.11. The highest BCUT2D eigenvalue weighted by molar-refractivity contribution is 5.59. The fourth-order valence-electron chi connectivity index (χ4n) is 2.21. The second-order valence-electron chi connectivity index (χ2n) is 5.27. The fourth-order valence-corrected chi connectivity index (χ4v) is 2.21. The number of benzene rings is 1. The number of nitrogens with zero attached hydrogens (tertiary/aromatic N) is 1. The van der Waals surface area contributed by atoms with E-state index in [1.54, 1.807) is 12.3 Å². The first-order valence-corrected chi connectivity index (χ1v) is 8.33. The van der Waals surface area contributed by atoms with E-state index in [4.69, 9.17) is 15.3 Å². The molecule has 0 saturated carbocycles. The number of nitrogens with one attached hydrogen (secondary N) is 1. The summed E-state index contributed by atoms with van der Waals surface area (Å²) < 4.78 is 0. The minimum Gasteiger partial charge on any atom is -0.395 e. The Balaban J connectivity index is 2.76. The monoisotopic (exact) mass is 344 g/mol. The van der Waals surface area contributed by atoms with Gasteiger partial charge < -0.3 is 25.5 Å². The first-order chi connectivity index (χ1) is 12.2. The van der Waals surface area contributed by atoms with Crippen LogP contribution in [0.2, 0.25) is 0 Å². The lowest BCUT2D eigenvalue weighted by atomic mass is 10.1. The smallest absolute Gasteiger partial charge is 0.0606 e. The molecule has 0 bridgehead atoms. The summed E-state index contributed by atoms with van der Waals surface area (Å²) in [6, 6.07) is 7.93. The summed E-state index contributed by atoms with van der Waals surface area (Å²) in [7, 11) is 0. The third-order valence-electron chi connectivity index (χ3n) is 3.43. The third kappa shape index (κ3) is 8.35. The van der Waals surface area contributed by atoms with Crippen LogP contribution in [0.25, 0.3) is 6.08 Å². The zero-order chi connectivity index (χ0) is 18.3. The fraction of sp³-hybridized carbons (Fsp3) is 0.300. The summed E-state index contributed by atoms with van der Waals surface area (Å²) in [5.41, 5.74) is 2.99. The molecule has 0 aliphatic rings. The van der Waals surface area contributed by atoms with E-state index in [1.165, 1.54) is 0 Å². The summed E-state index contributed by atoms with van der Waals surface area (Å²) in [6.07, 6.45) is 11.3. The SMILES string of the molecule is C=C/C=C(\C=C/NCCO)/C=C/c1ccc(N(CCO)CCO)cc1. The standard InChI is InChI=1S/C20H28N2O3/c1-2-3-18(10-11-21-12-15-23)4-5-19-6-8-20(9-7-19)22(13-16-24)14-17-25/h2-11,21,23-25H,1,12-17H2/b5-4+,11-10-,18-3-. The van der Waals surface area contributed by atoms with Gasteiger partial charge >= 0.3 is 0 Å². The largest absolute Gasteiger partial charge is 0.395 e. The first kappa shape index (κ1) is 20.7. The molecule has 0 heterocycles. The molecule has 5 heteroatoms. The second kappa shape index (κ2) is 13.0. The van der Waals surface area contributed by atoms with E-state index in [0.29, 0.717) is 19.6 Å². The van der Waals surface area contributed by atoms with E-state index in [9.17, 15) is 0 Å². The molecule has 0 aliphatic carbocycles. The van der Waals surface area contributed by atoms with Gasteiger partial charge in [-0.15, -0.1) is 0 Å². The molecule has 4 N–H and O–H groups in total. The normalized spacial score (nSPS) is 12.0. The van der Waals surface area contributed by atoms with Gasteiger partial charge in [0, 0.05) is 25.3 Å². The predicted octanol–water partition coefficient (Wildman–Crippen LogP) is 1.70. The van der Waals surface area contributed by atoms with Crippen molar-refractivity contribution in [1.29, 1.82) is 0 Å². The molecule has 1 rings (SSSR count). The lowest BCUT2D eigenvalue weighted by molar-refractivity contribution is 0.281. The highest BCUT2D eigenvalue weighted by Gasteiger charge is 2.04. The van der Waals surface area contributed by atoms with Crippen LogP contribution < -0.4 is 10.2 Å². The second-order valence-corrected chi connectivity index (χ2v) is 5.27. The molecule has 0 unspecified atom stereocenters. The van der Waals surface area contributed by atoms with E-state index < -0.39 is 0 Å². The van der Waals surface area contributed by atoms with Crippen molar-refractivity contribution in [3.05, 3.63) is 72.5 Å². The van der Waals surface area contributed by atoms with Crippen molar-refractivity contribution in [3.8, 4) is 0 Å². The van der Waals surface area contributed by atoms with Gasteiger partial charge in [0.2, 0.25) is 0 Å². The van der Waals surface area contributed by atoms with Crippen molar-refractivity contribution >= 4 is 11.8 Å². The van der Waals surface area contributed by atoms with Gasteiger partial charge in [0.15, 0.2) is 0 Å². The zero-order valence-electron chi connectivity index (χ0n) is 14.5. The minimum absolute atomic E-state index is 0.0496. The molecule has 0 fully saturated rings. The molecule has 25 heavy (non-hydrogen) atoms. The van der Waals surface area contributed by atoms with Crippen molar-refractivity contribution in [3.63, 3.8) is 0 Å². The maximum Gasteiger partial charge on any atom is 0.0606 e. The minimum atomic E-state index is 0.0496. The number of hydrogen-bond donors (Lipinski definition) is 4. The van der Waals surface area contributed by atoms with E-state index in [0.717, 1.165) is 16.8 Å². The molecule has 0 amide bonds. The Morgan fingerprint density at radius 3 is 2.24 bits per heavy atom. The Labute approximate surface area is 149 Å². The van der Waals surface area contributed by atoms with Crippen LogP contribution >= 0.6 is 0 Å². The Bertz CT molecular complexity index is 571. The van der Waals surface area contributed by atoms with Crippen LogP contribution in [-0.2, 0) is 0 Å². The molecule has 0 aliphatic heterocycles. The summed E-state index contributed by atoms with van der Waals surface area (Å²) >= 11 is 0. The Hall–Kier alpha value is -2.34. The molecule has 5 nitrogen and oxygen atoms in total. The van der Waals surface area contributed by atoms with E-state index in [-0.39, 0.29) is 19.8 Å². The first-order valence-electron chi connectivity index (χ1n) is 8.33. The number of aliphatic hydroxyl groups is 3. The lowest BCUT2D eigenvalue weighted by Crippen LogP contribution is -2.29. The van der Waals surface area contributed by atoms with Gasteiger partial charge in [-0.2, -0.15) is 0 Å².